The Morgan fingerprint density at radius 3 is 2.60 bits per heavy atom. The highest BCUT2D eigenvalue weighted by molar-refractivity contribution is 5.47. The van der Waals surface area contributed by atoms with Gasteiger partial charge in [0.2, 0.25) is 0 Å². The first kappa shape index (κ1) is 7.13. The predicted molar refractivity (Wildman–Crippen MR) is 43.8 cm³/mol. The van der Waals surface area contributed by atoms with Crippen molar-refractivity contribution >= 4 is 5.69 Å². The average molecular weight is 134 g/mol. The lowest BCUT2D eigenvalue weighted by Crippen LogP contribution is -1.95. The summed E-state index contributed by atoms with van der Waals surface area (Å²) in [5.41, 5.74) is 7.65. The van der Waals surface area contributed by atoms with E-state index in [0.29, 0.717) is 5.92 Å². The summed E-state index contributed by atoms with van der Waals surface area (Å²) in [6, 6.07) is 8.82. The van der Waals surface area contributed by atoms with E-state index >= 15 is 0 Å². The van der Waals surface area contributed by atoms with Gasteiger partial charge >= 0.3 is 0 Å². The van der Waals surface area contributed by atoms with E-state index in [2.05, 4.69) is 19.9 Å². The van der Waals surface area contributed by atoms with Crippen molar-refractivity contribution < 1.29 is 0 Å². The van der Waals surface area contributed by atoms with E-state index in [1.165, 1.54) is 0 Å². The lowest BCUT2D eigenvalue weighted by molar-refractivity contribution is 0.868. The Bertz CT molecular complexity index is 216. The molecule has 0 saturated carbocycles. The van der Waals surface area contributed by atoms with Crippen molar-refractivity contribution in [3.63, 3.8) is 0 Å². The summed E-state index contributed by atoms with van der Waals surface area (Å²) >= 11 is 0. The molecule has 1 rings (SSSR count). The first-order valence-corrected chi connectivity index (χ1v) is 3.48. The zero-order chi connectivity index (χ0) is 7.56. The SMILES string of the molecule is CC(C)c1[c]cccc1N. The van der Waals surface area contributed by atoms with Crippen molar-refractivity contribution in [1.82, 2.24) is 0 Å². The molecule has 53 valence electrons. The van der Waals surface area contributed by atoms with Crippen molar-refractivity contribution in [3.05, 3.63) is 29.8 Å². The number of hydrogen-bond donors (Lipinski definition) is 1. The molecule has 0 saturated heterocycles. The van der Waals surface area contributed by atoms with Crippen LogP contribution in [0.2, 0.25) is 0 Å². The zero-order valence-corrected chi connectivity index (χ0v) is 6.39. The molecule has 0 unspecified atom stereocenters. The topological polar surface area (TPSA) is 26.0 Å². The molecule has 1 aromatic rings. The number of nitrogens with two attached hydrogens (primary N) is 1. The van der Waals surface area contributed by atoms with Crippen LogP contribution in [0, 0.1) is 6.07 Å². The van der Waals surface area contributed by atoms with Gasteiger partial charge in [-0.25, -0.2) is 0 Å². The summed E-state index contributed by atoms with van der Waals surface area (Å²) in [4.78, 5) is 0. The molecule has 10 heavy (non-hydrogen) atoms. The molecular formula is C9H12N. The molecule has 0 atom stereocenters. The number of rotatable bonds is 1. The number of nitrogen functional groups attached to an aromatic ring is 1. The highest BCUT2D eigenvalue weighted by Gasteiger charge is 2.00. The molecule has 1 radical (unpaired) electrons. The first-order chi connectivity index (χ1) is 4.72. The summed E-state index contributed by atoms with van der Waals surface area (Å²) in [6.45, 7) is 4.23. The molecule has 0 aliphatic heterocycles. The van der Waals surface area contributed by atoms with E-state index in [0.717, 1.165) is 11.3 Å². The van der Waals surface area contributed by atoms with Crippen molar-refractivity contribution in [1.29, 1.82) is 0 Å². The summed E-state index contributed by atoms with van der Waals surface area (Å²) in [7, 11) is 0. The molecule has 2 N–H and O–H groups in total. The lowest BCUT2D eigenvalue weighted by atomic mass is 10.0. The van der Waals surface area contributed by atoms with Crippen LogP contribution in [0.4, 0.5) is 5.69 Å². The van der Waals surface area contributed by atoms with Crippen LogP contribution in [-0.4, -0.2) is 0 Å². The third kappa shape index (κ3) is 1.29. The van der Waals surface area contributed by atoms with E-state index in [-0.39, 0.29) is 0 Å². The Morgan fingerprint density at radius 1 is 1.50 bits per heavy atom. The van der Waals surface area contributed by atoms with E-state index in [9.17, 15) is 0 Å². The Labute approximate surface area is 61.9 Å². The van der Waals surface area contributed by atoms with Gasteiger partial charge in [0, 0.05) is 5.69 Å². The number of hydrogen-bond acceptors (Lipinski definition) is 1. The van der Waals surface area contributed by atoms with Gasteiger partial charge in [-0.3, -0.25) is 0 Å². The van der Waals surface area contributed by atoms with Crippen LogP contribution < -0.4 is 5.73 Å². The van der Waals surface area contributed by atoms with Gasteiger partial charge in [-0.1, -0.05) is 26.0 Å². The van der Waals surface area contributed by atoms with Gasteiger partial charge < -0.3 is 5.73 Å². The quantitative estimate of drug-likeness (QED) is 0.585. The second kappa shape index (κ2) is 2.74. The predicted octanol–water partition coefficient (Wildman–Crippen LogP) is 2.19. The van der Waals surface area contributed by atoms with Crippen LogP contribution >= 0.6 is 0 Å². The summed E-state index contributed by atoms with van der Waals surface area (Å²) in [6.07, 6.45) is 0. The van der Waals surface area contributed by atoms with Gasteiger partial charge in [-0.2, -0.15) is 0 Å². The highest BCUT2D eigenvalue weighted by atomic mass is 14.6. The first-order valence-electron chi connectivity index (χ1n) is 3.48. The largest absolute Gasteiger partial charge is 0.398 e. The standard InChI is InChI=1S/C9H12N/c1-7(2)8-5-3-4-6-9(8)10/h3-4,6-7H,10H2,1-2H3. The minimum atomic E-state index is 0.473. The summed E-state index contributed by atoms with van der Waals surface area (Å²) in [5.74, 6) is 0.473. The van der Waals surface area contributed by atoms with Crippen LogP contribution in [0.5, 0.6) is 0 Å². The molecule has 0 aliphatic rings. The van der Waals surface area contributed by atoms with Crippen LogP contribution in [0.1, 0.15) is 25.3 Å². The Hall–Kier alpha value is -0.980. The number of benzene rings is 1. The van der Waals surface area contributed by atoms with E-state index in [4.69, 9.17) is 5.73 Å². The minimum absolute atomic E-state index is 0.473. The van der Waals surface area contributed by atoms with Gasteiger partial charge in [0.25, 0.3) is 0 Å². The number of anilines is 1. The maximum atomic E-state index is 5.69. The second-order valence-electron chi connectivity index (χ2n) is 2.69. The monoisotopic (exact) mass is 134 g/mol. The molecule has 1 nitrogen and oxygen atoms in total. The van der Waals surface area contributed by atoms with Crippen LogP contribution in [0.15, 0.2) is 18.2 Å². The molecule has 0 heterocycles. The summed E-state index contributed by atoms with van der Waals surface area (Å²) in [5, 5.41) is 0. The zero-order valence-electron chi connectivity index (χ0n) is 6.39. The fourth-order valence-corrected chi connectivity index (χ4v) is 0.963. The smallest absolute Gasteiger partial charge is 0.0355 e. The van der Waals surface area contributed by atoms with Crippen molar-refractivity contribution in [2.75, 3.05) is 5.73 Å². The third-order valence-electron chi connectivity index (χ3n) is 1.50. The highest BCUT2D eigenvalue weighted by Crippen LogP contribution is 2.19. The normalized spacial score (nSPS) is 10.3. The van der Waals surface area contributed by atoms with Crippen molar-refractivity contribution in [3.8, 4) is 0 Å². The van der Waals surface area contributed by atoms with Crippen LogP contribution in [0.3, 0.4) is 0 Å². The van der Waals surface area contributed by atoms with E-state index in [1.54, 1.807) is 0 Å². The van der Waals surface area contributed by atoms with E-state index < -0.39 is 0 Å². The van der Waals surface area contributed by atoms with Crippen LogP contribution in [0.25, 0.3) is 0 Å². The summed E-state index contributed by atoms with van der Waals surface area (Å²) < 4.78 is 0. The third-order valence-corrected chi connectivity index (χ3v) is 1.50. The molecule has 0 amide bonds. The molecule has 0 spiro atoms. The maximum Gasteiger partial charge on any atom is 0.0355 e. The molecule has 0 fully saturated rings. The van der Waals surface area contributed by atoms with Gasteiger partial charge in [-0.15, -0.1) is 0 Å². The molecular weight excluding hydrogens is 122 g/mol. The second-order valence-corrected chi connectivity index (χ2v) is 2.69. The lowest BCUT2D eigenvalue weighted by Gasteiger charge is -2.06. The Morgan fingerprint density at radius 2 is 2.20 bits per heavy atom. The fraction of sp³-hybridized carbons (Fsp3) is 0.333. The van der Waals surface area contributed by atoms with Gasteiger partial charge in [-0.05, 0) is 23.6 Å². The molecule has 1 aromatic carbocycles. The molecule has 0 bridgehead atoms. The van der Waals surface area contributed by atoms with Crippen molar-refractivity contribution in [2.45, 2.75) is 19.8 Å². The minimum Gasteiger partial charge on any atom is -0.398 e. The van der Waals surface area contributed by atoms with Gasteiger partial charge in [0.15, 0.2) is 0 Å². The molecule has 0 aromatic heterocycles. The Balaban J connectivity index is 3.03. The van der Waals surface area contributed by atoms with Gasteiger partial charge in [0.1, 0.15) is 0 Å². The van der Waals surface area contributed by atoms with Crippen molar-refractivity contribution in [2.24, 2.45) is 0 Å². The average Bonchev–Trinajstić information content (AvgIpc) is 1.88. The van der Waals surface area contributed by atoms with Crippen LogP contribution in [-0.2, 0) is 0 Å². The molecule has 0 aliphatic carbocycles. The fourth-order valence-electron chi connectivity index (χ4n) is 0.963. The maximum absolute atomic E-state index is 5.69. The van der Waals surface area contributed by atoms with E-state index in [1.807, 2.05) is 18.2 Å². The molecule has 1 heteroatoms. The van der Waals surface area contributed by atoms with Gasteiger partial charge in [0.05, 0.1) is 0 Å². The Kier molecular flexibility index (Phi) is 1.95.